The maximum absolute atomic E-state index is 2.51. The van der Waals surface area contributed by atoms with E-state index < -0.39 is 0 Å². The van der Waals surface area contributed by atoms with Crippen LogP contribution in [0.15, 0.2) is 0 Å². The van der Waals surface area contributed by atoms with Gasteiger partial charge >= 0.3 is 0 Å². The van der Waals surface area contributed by atoms with Crippen LogP contribution in [-0.2, 0) is 0 Å². The van der Waals surface area contributed by atoms with Crippen LogP contribution in [0, 0.1) is 11.3 Å². The molecule has 1 aliphatic heterocycles. The number of rotatable bonds is 1. The number of likely N-dealkylation sites (tertiary alicyclic amines) is 1. The van der Waals surface area contributed by atoms with E-state index in [2.05, 4.69) is 41.7 Å². The van der Waals surface area contributed by atoms with Crippen LogP contribution in [-0.4, -0.2) is 29.7 Å². The van der Waals surface area contributed by atoms with Gasteiger partial charge in [0.15, 0.2) is 0 Å². The van der Waals surface area contributed by atoms with Gasteiger partial charge in [0.1, 0.15) is 0 Å². The summed E-state index contributed by atoms with van der Waals surface area (Å²) in [5.41, 5.74) is 1.13. The lowest BCUT2D eigenvalue weighted by molar-refractivity contribution is -0.969. The van der Waals surface area contributed by atoms with Gasteiger partial charge in [-0.1, -0.05) is 20.3 Å². The Morgan fingerprint density at radius 1 is 1.19 bits per heavy atom. The monoisotopic (exact) mass is 224 g/mol. The summed E-state index contributed by atoms with van der Waals surface area (Å²) >= 11 is 0. The van der Waals surface area contributed by atoms with Crippen LogP contribution in [0.3, 0.4) is 0 Å². The highest BCUT2D eigenvalue weighted by atomic mass is 15.4. The van der Waals surface area contributed by atoms with E-state index in [-0.39, 0.29) is 0 Å². The van der Waals surface area contributed by atoms with Crippen molar-refractivity contribution in [3.05, 3.63) is 0 Å². The van der Waals surface area contributed by atoms with Gasteiger partial charge in [0, 0.05) is 17.8 Å². The predicted molar refractivity (Wildman–Crippen MR) is 70.3 cm³/mol. The van der Waals surface area contributed by atoms with Gasteiger partial charge in [-0.3, -0.25) is 0 Å². The fourth-order valence-electron chi connectivity index (χ4n) is 4.19. The van der Waals surface area contributed by atoms with E-state index in [0.29, 0.717) is 5.54 Å². The van der Waals surface area contributed by atoms with E-state index in [9.17, 15) is 0 Å². The van der Waals surface area contributed by atoms with Gasteiger partial charge in [-0.15, -0.1) is 0 Å². The standard InChI is InChI=1S/C15H30N/c1-12(2)13-10-15(8-7-9-15)11-16(13,6)14(3,4)5/h12-13H,7-11H2,1-6H3/q+1. The summed E-state index contributed by atoms with van der Waals surface area (Å²) < 4.78 is 1.30. The molecular formula is C15H30N+. The highest BCUT2D eigenvalue weighted by Crippen LogP contribution is 2.55. The van der Waals surface area contributed by atoms with Crippen molar-refractivity contribution < 1.29 is 4.48 Å². The quantitative estimate of drug-likeness (QED) is 0.594. The minimum absolute atomic E-state index is 0.397. The lowest BCUT2D eigenvalue weighted by atomic mass is 9.67. The van der Waals surface area contributed by atoms with Gasteiger partial charge in [-0.25, -0.2) is 0 Å². The highest BCUT2D eigenvalue weighted by Gasteiger charge is 2.59. The molecule has 94 valence electrons. The third-order valence-corrected chi connectivity index (χ3v) is 5.75. The molecule has 16 heavy (non-hydrogen) atoms. The first-order valence-electron chi connectivity index (χ1n) is 7.06. The zero-order valence-corrected chi connectivity index (χ0v) is 12.1. The van der Waals surface area contributed by atoms with Crippen LogP contribution in [0.4, 0.5) is 0 Å². The van der Waals surface area contributed by atoms with Gasteiger partial charge in [-0.2, -0.15) is 0 Å². The first-order chi connectivity index (χ1) is 7.20. The predicted octanol–water partition coefficient (Wildman–Crippen LogP) is 3.83. The summed E-state index contributed by atoms with van der Waals surface area (Å²) in [6, 6.07) is 0.875. The molecule has 1 nitrogen and oxygen atoms in total. The third kappa shape index (κ3) is 1.63. The molecule has 0 aromatic heterocycles. The van der Waals surface area contributed by atoms with Crippen molar-refractivity contribution in [3.8, 4) is 0 Å². The Morgan fingerprint density at radius 3 is 2.00 bits per heavy atom. The number of quaternary nitrogens is 1. The summed E-state index contributed by atoms with van der Waals surface area (Å²) in [6.45, 7) is 13.6. The minimum Gasteiger partial charge on any atom is -0.319 e. The topological polar surface area (TPSA) is 0 Å². The molecule has 0 aromatic carbocycles. The highest BCUT2D eigenvalue weighted by molar-refractivity contribution is 4.97. The summed E-state index contributed by atoms with van der Waals surface area (Å²) in [6.07, 6.45) is 5.97. The first-order valence-corrected chi connectivity index (χ1v) is 7.06. The summed E-state index contributed by atoms with van der Waals surface area (Å²) in [7, 11) is 2.51. The van der Waals surface area contributed by atoms with Crippen molar-refractivity contribution in [2.24, 2.45) is 11.3 Å². The Bertz CT molecular complexity index is 270. The first kappa shape index (κ1) is 12.4. The third-order valence-electron chi connectivity index (χ3n) is 5.75. The smallest absolute Gasteiger partial charge is 0.0923 e. The summed E-state index contributed by atoms with van der Waals surface area (Å²) in [5, 5.41) is 0. The van der Waals surface area contributed by atoms with Crippen molar-refractivity contribution in [1.82, 2.24) is 0 Å². The van der Waals surface area contributed by atoms with Crippen LogP contribution in [0.5, 0.6) is 0 Å². The van der Waals surface area contributed by atoms with E-state index in [1.165, 1.54) is 36.7 Å². The molecule has 0 radical (unpaired) electrons. The normalized spacial score (nSPS) is 38.1. The van der Waals surface area contributed by atoms with Crippen molar-refractivity contribution in [2.45, 2.75) is 71.9 Å². The largest absolute Gasteiger partial charge is 0.319 e. The maximum atomic E-state index is 2.51. The van der Waals surface area contributed by atoms with Crippen molar-refractivity contribution >= 4 is 0 Å². The van der Waals surface area contributed by atoms with Crippen molar-refractivity contribution in [3.63, 3.8) is 0 Å². The average Bonchev–Trinajstić information content (AvgIpc) is 2.38. The average molecular weight is 224 g/mol. The van der Waals surface area contributed by atoms with E-state index in [1.54, 1.807) is 0 Å². The number of nitrogens with zero attached hydrogens (tertiary/aromatic N) is 1. The van der Waals surface area contributed by atoms with Crippen LogP contribution in [0.2, 0.25) is 0 Å². The maximum Gasteiger partial charge on any atom is 0.0923 e. The van der Waals surface area contributed by atoms with Gasteiger partial charge in [0.2, 0.25) is 0 Å². The molecule has 2 atom stereocenters. The zero-order valence-electron chi connectivity index (χ0n) is 12.1. The Morgan fingerprint density at radius 2 is 1.75 bits per heavy atom. The Labute approximate surface area is 102 Å². The second-order valence-electron chi connectivity index (χ2n) is 7.97. The minimum atomic E-state index is 0.397. The lowest BCUT2D eigenvalue weighted by Gasteiger charge is -2.49. The zero-order chi connectivity index (χ0) is 12.2. The van der Waals surface area contributed by atoms with E-state index in [0.717, 1.165) is 17.4 Å². The lowest BCUT2D eigenvalue weighted by Crippen LogP contribution is -2.62. The second kappa shape index (κ2) is 3.48. The molecule has 1 saturated carbocycles. The van der Waals surface area contributed by atoms with E-state index >= 15 is 0 Å². The van der Waals surface area contributed by atoms with Crippen molar-refractivity contribution in [1.29, 1.82) is 0 Å². The van der Waals surface area contributed by atoms with E-state index in [1.807, 2.05) is 0 Å². The summed E-state index contributed by atoms with van der Waals surface area (Å²) in [5.74, 6) is 0.823. The van der Waals surface area contributed by atoms with Gasteiger partial charge < -0.3 is 4.48 Å². The van der Waals surface area contributed by atoms with Crippen molar-refractivity contribution in [2.75, 3.05) is 13.6 Å². The molecule has 2 aliphatic rings. The molecule has 0 amide bonds. The molecule has 1 aliphatic carbocycles. The number of hydrogen-bond acceptors (Lipinski definition) is 0. The molecule has 0 N–H and O–H groups in total. The molecule has 1 spiro atoms. The molecular weight excluding hydrogens is 194 g/mol. The van der Waals surface area contributed by atoms with Crippen LogP contribution >= 0.6 is 0 Å². The molecule has 1 heterocycles. The Kier molecular flexibility index (Phi) is 2.70. The molecule has 0 aromatic rings. The molecule has 2 unspecified atom stereocenters. The Hall–Kier alpha value is -0.0400. The summed E-state index contributed by atoms with van der Waals surface area (Å²) in [4.78, 5) is 0. The fourth-order valence-corrected chi connectivity index (χ4v) is 4.19. The van der Waals surface area contributed by atoms with Crippen LogP contribution in [0.25, 0.3) is 0 Å². The molecule has 1 heteroatoms. The number of hydrogen-bond donors (Lipinski definition) is 0. The van der Waals surface area contributed by atoms with Gasteiger partial charge in [0.05, 0.1) is 25.2 Å². The Balaban J connectivity index is 2.28. The van der Waals surface area contributed by atoms with E-state index in [4.69, 9.17) is 0 Å². The molecule has 1 saturated heterocycles. The van der Waals surface area contributed by atoms with Gasteiger partial charge in [-0.05, 0) is 33.6 Å². The van der Waals surface area contributed by atoms with Crippen LogP contribution in [0.1, 0.15) is 60.3 Å². The second-order valence-corrected chi connectivity index (χ2v) is 7.97. The SMILES string of the molecule is CC(C)C1CC2(CCC2)C[N+]1(C)C(C)(C)C. The molecule has 2 rings (SSSR count). The van der Waals surface area contributed by atoms with Gasteiger partial charge in [0.25, 0.3) is 0 Å². The van der Waals surface area contributed by atoms with Crippen LogP contribution < -0.4 is 0 Å². The molecule has 0 bridgehead atoms. The molecule has 2 fully saturated rings. The fraction of sp³-hybridized carbons (Fsp3) is 1.00.